The van der Waals surface area contributed by atoms with E-state index in [0.717, 1.165) is 11.1 Å². The third-order valence-electron chi connectivity index (χ3n) is 7.67. The Balaban J connectivity index is 1.88. The Morgan fingerprint density at radius 1 is 1.16 bits per heavy atom. The quantitative estimate of drug-likeness (QED) is 0.463. The van der Waals surface area contributed by atoms with E-state index in [4.69, 9.17) is 23.2 Å². The van der Waals surface area contributed by atoms with Crippen LogP contribution in [0.4, 0.5) is 0 Å². The van der Waals surface area contributed by atoms with Crippen molar-refractivity contribution in [2.45, 2.75) is 62.9 Å². The van der Waals surface area contributed by atoms with Gasteiger partial charge in [0.05, 0.1) is 23.6 Å². The second-order valence-electron chi connectivity index (χ2n) is 10.3. The minimum absolute atomic E-state index is 0.0600. The first-order valence-corrected chi connectivity index (χ1v) is 14.9. The Morgan fingerprint density at radius 2 is 1.86 bits per heavy atom. The van der Waals surface area contributed by atoms with Gasteiger partial charge in [-0.2, -0.15) is 0 Å². The van der Waals surface area contributed by atoms with Crippen LogP contribution in [0.25, 0.3) is 0 Å². The van der Waals surface area contributed by atoms with Crippen LogP contribution in [0.15, 0.2) is 48.5 Å². The number of rotatable bonds is 8. The molecule has 5 atom stereocenters. The maximum atomic E-state index is 14.3. The number of likely N-dealkylation sites (tertiary alicyclic amines) is 1. The van der Waals surface area contributed by atoms with E-state index in [9.17, 15) is 23.1 Å². The van der Waals surface area contributed by atoms with Crippen LogP contribution in [0.3, 0.4) is 0 Å². The van der Waals surface area contributed by atoms with Gasteiger partial charge < -0.3 is 15.3 Å². The summed E-state index contributed by atoms with van der Waals surface area (Å²) in [6.45, 7) is 4.00. The topological polar surface area (TPSA) is 104 Å². The number of hydrogen-bond donors (Lipinski definition) is 2. The summed E-state index contributed by atoms with van der Waals surface area (Å²) >= 11 is 12.6. The fraction of sp³-hybridized carbons (Fsp3) is 0.481. The average Bonchev–Trinajstić information content (AvgIpc) is 3.17. The molecule has 1 amide bonds. The summed E-state index contributed by atoms with van der Waals surface area (Å²) in [6.07, 6.45) is 0.705. The molecule has 2 aliphatic heterocycles. The molecular weight excluding hydrogens is 535 g/mol. The third kappa shape index (κ3) is 5.82. The fourth-order valence-electron chi connectivity index (χ4n) is 5.87. The second-order valence-corrected chi connectivity index (χ2v) is 13.5. The Hall–Kier alpha value is -2.13. The van der Waals surface area contributed by atoms with Crippen LogP contribution in [-0.4, -0.2) is 54.0 Å². The number of benzene rings is 2. The number of carboxylic acid groups (broad SMARTS) is 1. The molecule has 2 saturated heterocycles. The molecular formula is C27H32Cl2N2O5S. The number of carbonyl (C=O) groups is 2. The molecule has 2 unspecified atom stereocenters. The van der Waals surface area contributed by atoms with Gasteiger partial charge in [0.1, 0.15) is 5.37 Å². The van der Waals surface area contributed by atoms with Crippen LogP contribution in [0, 0.1) is 5.41 Å². The van der Waals surface area contributed by atoms with Crippen molar-refractivity contribution in [3.63, 3.8) is 0 Å². The third-order valence-corrected chi connectivity index (χ3v) is 10.2. The van der Waals surface area contributed by atoms with Crippen LogP contribution >= 0.6 is 23.2 Å². The van der Waals surface area contributed by atoms with E-state index in [1.165, 1.54) is 0 Å². The number of sulfone groups is 1. The molecule has 0 aliphatic carbocycles. The van der Waals surface area contributed by atoms with Gasteiger partial charge in [0, 0.05) is 28.5 Å². The zero-order valence-electron chi connectivity index (χ0n) is 20.9. The highest BCUT2D eigenvalue weighted by atomic mass is 35.5. The van der Waals surface area contributed by atoms with Crippen molar-refractivity contribution in [1.29, 1.82) is 0 Å². The molecule has 0 aromatic heterocycles. The zero-order valence-corrected chi connectivity index (χ0v) is 23.2. The summed E-state index contributed by atoms with van der Waals surface area (Å²) < 4.78 is 25.4. The van der Waals surface area contributed by atoms with Gasteiger partial charge in [-0.25, -0.2) is 8.42 Å². The van der Waals surface area contributed by atoms with Gasteiger partial charge in [-0.15, -0.1) is 0 Å². The summed E-state index contributed by atoms with van der Waals surface area (Å²) in [5, 5.41) is 13.2. The summed E-state index contributed by atoms with van der Waals surface area (Å²) in [6, 6.07) is 13.8. The SMILES string of the molecule is CCC(CC1NCCS1(=O)=O)N1C(=O)[C@@](C)(CC(=O)O)C[C@H](c2cccc(Cl)c2)[C@H]1c1ccc(Cl)cc1. The molecule has 2 aromatic rings. The molecule has 0 spiro atoms. The number of carboxylic acids is 1. The number of hydrogen-bond acceptors (Lipinski definition) is 5. The molecule has 2 N–H and O–H groups in total. The van der Waals surface area contributed by atoms with E-state index in [2.05, 4.69) is 5.32 Å². The van der Waals surface area contributed by atoms with Crippen molar-refractivity contribution in [3.8, 4) is 0 Å². The standard InChI is InChI=1S/C27H32Cl2N2O5S/c1-3-21(14-23-30-11-12-37(23,35)36)31-25(17-7-9-19(28)10-8-17)22(18-5-4-6-20(29)13-18)15-27(2,26(31)34)16-24(32)33/h4-10,13,21-23,25,30H,3,11-12,14-16H2,1-2H3,(H,32,33)/t21?,22-,23?,25-,27-/m1/s1. The highest BCUT2D eigenvalue weighted by molar-refractivity contribution is 7.92. The zero-order chi connectivity index (χ0) is 27.0. The summed E-state index contributed by atoms with van der Waals surface area (Å²) in [4.78, 5) is 27.9. The summed E-state index contributed by atoms with van der Waals surface area (Å²) in [7, 11) is -3.33. The monoisotopic (exact) mass is 566 g/mol. The largest absolute Gasteiger partial charge is 0.481 e. The van der Waals surface area contributed by atoms with E-state index in [-0.39, 0.29) is 30.4 Å². The molecule has 0 saturated carbocycles. The van der Waals surface area contributed by atoms with Crippen LogP contribution in [-0.2, 0) is 19.4 Å². The number of nitrogens with zero attached hydrogens (tertiary/aromatic N) is 1. The molecule has 2 heterocycles. The van der Waals surface area contributed by atoms with Crippen LogP contribution < -0.4 is 5.32 Å². The number of carbonyl (C=O) groups excluding carboxylic acids is 1. The van der Waals surface area contributed by atoms with E-state index >= 15 is 0 Å². The molecule has 2 fully saturated rings. The molecule has 2 aromatic carbocycles. The Kier molecular flexibility index (Phi) is 8.24. The normalized spacial score (nSPS) is 28.3. The smallest absolute Gasteiger partial charge is 0.304 e. The maximum Gasteiger partial charge on any atom is 0.304 e. The first kappa shape index (κ1) is 27.9. The van der Waals surface area contributed by atoms with Gasteiger partial charge in [0.15, 0.2) is 9.84 Å². The molecule has 2 aliphatic rings. The first-order chi connectivity index (χ1) is 17.4. The van der Waals surface area contributed by atoms with Gasteiger partial charge in [0.25, 0.3) is 0 Å². The highest BCUT2D eigenvalue weighted by Crippen LogP contribution is 2.52. The first-order valence-electron chi connectivity index (χ1n) is 12.5. The summed E-state index contributed by atoms with van der Waals surface area (Å²) in [5.74, 6) is -1.55. The van der Waals surface area contributed by atoms with Crippen molar-refractivity contribution in [3.05, 3.63) is 69.7 Å². The Labute approximate surface area is 228 Å². The molecule has 37 heavy (non-hydrogen) atoms. The van der Waals surface area contributed by atoms with Gasteiger partial charge in [0.2, 0.25) is 5.91 Å². The summed E-state index contributed by atoms with van der Waals surface area (Å²) in [5.41, 5.74) is 0.556. The van der Waals surface area contributed by atoms with Crippen LogP contribution in [0.2, 0.25) is 10.0 Å². The highest BCUT2D eigenvalue weighted by Gasteiger charge is 2.52. The van der Waals surface area contributed by atoms with E-state index in [1.54, 1.807) is 30.0 Å². The van der Waals surface area contributed by atoms with E-state index in [1.807, 2.05) is 37.3 Å². The lowest BCUT2D eigenvalue weighted by molar-refractivity contribution is -0.160. The predicted octanol–water partition coefficient (Wildman–Crippen LogP) is 5.04. The number of piperidine rings is 1. The Morgan fingerprint density at radius 3 is 2.43 bits per heavy atom. The molecule has 200 valence electrons. The lowest BCUT2D eigenvalue weighted by Crippen LogP contribution is -2.57. The van der Waals surface area contributed by atoms with Crippen molar-refractivity contribution < 1.29 is 23.1 Å². The minimum Gasteiger partial charge on any atom is -0.481 e. The lowest BCUT2D eigenvalue weighted by Gasteiger charge is -2.52. The van der Waals surface area contributed by atoms with Crippen LogP contribution in [0.5, 0.6) is 0 Å². The predicted molar refractivity (Wildman–Crippen MR) is 144 cm³/mol. The van der Waals surface area contributed by atoms with Crippen molar-refractivity contribution in [1.82, 2.24) is 10.2 Å². The molecule has 4 rings (SSSR count). The van der Waals surface area contributed by atoms with E-state index < -0.39 is 38.7 Å². The fourth-order valence-corrected chi connectivity index (χ4v) is 7.77. The van der Waals surface area contributed by atoms with Gasteiger partial charge in [-0.1, -0.05) is 61.3 Å². The number of amides is 1. The van der Waals surface area contributed by atoms with Crippen molar-refractivity contribution >= 4 is 44.9 Å². The molecule has 10 heteroatoms. The number of nitrogens with one attached hydrogen (secondary N) is 1. The molecule has 0 radical (unpaired) electrons. The van der Waals surface area contributed by atoms with E-state index in [0.29, 0.717) is 29.4 Å². The Bertz CT molecular complexity index is 1270. The van der Waals surface area contributed by atoms with Gasteiger partial charge in [-0.05, 0) is 54.7 Å². The van der Waals surface area contributed by atoms with Crippen LogP contribution in [0.1, 0.15) is 62.6 Å². The number of halogens is 2. The maximum absolute atomic E-state index is 14.3. The van der Waals surface area contributed by atoms with Gasteiger partial charge >= 0.3 is 5.97 Å². The average molecular weight is 568 g/mol. The minimum atomic E-state index is -3.33. The van der Waals surface area contributed by atoms with Gasteiger partial charge in [-0.3, -0.25) is 9.59 Å². The number of aliphatic carboxylic acids is 1. The van der Waals surface area contributed by atoms with Crippen molar-refractivity contribution in [2.75, 3.05) is 12.3 Å². The van der Waals surface area contributed by atoms with Crippen molar-refractivity contribution in [2.24, 2.45) is 5.41 Å². The molecule has 0 bridgehead atoms. The lowest BCUT2D eigenvalue weighted by atomic mass is 9.67. The second kappa shape index (κ2) is 10.9. The molecule has 7 nitrogen and oxygen atoms in total.